The maximum Gasteiger partial charge on any atom is 0.220 e. The van der Waals surface area contributed by atoms with E-state index in [9.17, 15) is 4.79 Å². The lowest BCUT2D eigenvalue weighted by molar-refractivity contribution is -0.121. The van der Waals surface area contributed by atoms with Crippen LogP contribution in [-0.4, -0.2) is 19.6 Å². The summed E-state index contributed by atoms with van der Waals surface area (Å²) in [6, 6.07) is 7.82. The van der Waals surface area contributed by atoms with Crippen LogP contribution in [0.4, 0.5) is 0 Å². The molecule has 0 bridgehead atoms. The van der Waals surface area contributed by atoms with Gasteiger partial charge in [0.1, 0.15) is 5.75 Å². The van der Waals surface area contributed by atoms with E-state index >= 15 is 0 Å². The summed E-state index contributed by atoms with van der Waals surface area (Å²) in [6.45, 7) is 2.80. The molecule has 1 rings (SSSR count). The Labute approximate surface area is 96.8 Å². The average molecular weight is 221 g/mol. The Balaban J connectivity index is 2.38. The molecule has 88 valence electrons. The van der Waals surface area contributed by atoms with Crippen LogP contribution in [0.1, 0.15) is 25.3 Å². The van der Waals surface area contributed by atoms with Gasteiger partial charge in [-0.1, -0.05) is 19.1 Å². The van der Waals surface area contributed by atoms with Crippen LogP contribution in [0, 0.1) is 0 Å². The summed E-state index contributed by atoms with van der Waals surface area (Å²) in [7, 11) is 1.65. The fourth-order valence-electron chi connectivity index (χ4n) is 1.44. The van der Waals surface area contributed by atoms with Crippen LogP contribution >= 0.6 is 0 Å². The van der Waals surface area contributed by atoms with E-state index in [2.05, 4.69) is 5.32 Å². The summed E-state index contributed by atoms with van der Waals surface area (Å²) in [6.07, 6.45) is 2.27. The van der Waals surface area contributed by atoms with E-state index in [1.54, 1.807) is 7.11 Å². The molecule has 1 N–H and O–H groups in total. The Morgan fingerprint density at radius 1 is 1.44 bits per heavy atom. The van der Waals surface area contributed by atoms with Crippen LogP contribution < -0.4 is 10.1 Å². The number of amides is 1. The molecule has 16 heavy (non-hydrogen) atoms. The highest BCUT2D eigenvalue weighted by atomic mass is 16.5. The van der Waals surface area contributed by atoms with Crippen LogP contribution in [0.25, 0.3) is 0 Å². The van der Waals surface area contributed by atoms with Crippen LogP contribution in [0.15, 0.2) is 24.3 Å². The summed E-state index contributed by atoms with van der Waals surface area (Å²) in [4.78, 5) is 11.4. The number of benzene rings is 1. The van der Waals surface area contributed by atoms with E-state index in [1.165, 1.54) is 0 Å². The van der Waals surface area contributed by atoms with Gasteiger partial charge >= 0.3 is 0 Å². The number of ether oxygens (including phenoxy) is 1. The smallest absolute Gasteiger partial charge is 0.220 e. The van der Waals surface area contributed by atoms with E-state index in [0.717, 1.165) is 30.7 Å². The van der Waals surface area contributed by atoms with Crippen molar-refractivity contribution in [3.05, 3.63) is 29.8 Å². The number of hydrogen-bond acceptors (Lipinski definition) is 2. The van der Waals surface area contributed by atoms with Gasteiger partial charge in [0.2, 0.25) is 5.91 Å². The fourth-order valence-corrected chi connectivity index (χ4v) is 1.44. The Bertz CT molecular complexity index is 336. The van der Waals surface area contributed by atoms with Crippen LogP contribution in [0.2, 0.25) is 0 Å². The van der Waals surface area contributed by atoms with E-state index in [0.29, 0.717) is 6.42 Å². The second kappa shape index (κ2) is 6.88. The zero-order valence-corrected chi connectivity index (χ0v) is 9.95. The highest BCUT2D eigenvalue weighted by molar-refractivity contribution is 5.76. The third-order valence-electron chi connectivity index (χ3n) is 2.35. The molecule has 3 nitrogen and oxygen atoms in total. The first-order valence-corrected chi connectivity index (χ1v) is 5.66. The average Bonchev–Trinajstić information content (AvgIpc) is 2.34. The molecule has 0 atom stereocenters. The molecule has 0 fully saturated rings. The molecule has 1 aromatic carbocycles. The zero-order valence-electron chi connectivity index (χ0n) is 9.95. The monoisotopic (exact) mass is 221 g/mol. The van der Waals surface area contributed by atoms with Crippen LogP contribution in [0.5, 0.6) is 5.75 Å². The summed E-state index contributed by atoms with van der Waals surface area (Å²) in [5.74, 6) is 0.955. The molecule has 0 aliphatic heterocycles. The summed E-state index contributed by atoms with van der Waals surface area (Å²) in [5.41, 5.74) is 1.13. The van der Waals surface area contributed by atoms with Gasteiger partial charge in [0.15, 0.2) is 0 Å². The summed E-state index contributed by atoms with van der Waals surface area (Å²) >= 11 is 0. The predicted molar refractivity (Wildman–Crippen MR) is 64.6 cm³/mol. The predicted octanol–water partition coefficient (Wildman–Crippen LogP) is 2.15. The Morgan fingerprint density at radius 2 is 2.25 bits per heavy atom. The van der Waals surface area contributed by atoms with E-state index in [4.69, 9.17) is 4.74 Å². The van der Waals surface area contributed by atoms with Crippen molar-refractivity contribution in [3.63, 3.8) is 0 Å². The molecule has 0 saturated carbocycles. The number of carbonyl (C=O) groups is 1. The number of carbonyl (C=O) groups excluding carboxylic acids is 1. The van der Waals surface area contributed by atoms with Crippen molar-refractivity contribution in [2.45, 2.75) is 26.2 Å². The van der Waals surface area contributed by atoms with Gasteiger partial charge in [0.25, 0.3) is 0 Å². The first-order chi connectivity index (χ1) is 7.76. The van der Waals surface area contributed by atoms with Gasteiger partial charge in [0.05, 0.1) is 7.11 Å². The molecular weight excluding hydrogens is 202 g/mol. The second-order valence-corrected chi connectivity index (χ2v) is 3.70. The van der Waals surface area contributed by atoms with Crippen molar-refractivity contribution in [3.8, 4) is 5.75 Å². The topological polar surface area (TPSA) is 38.3 Å². The SMILES string of the molecule is CCCNC(=O)CCc1cccc(OC)c1. The highest BCUT2D eigenvalue weighted by Crippen LogP contribution is 2.13. The van der Waals surface area contributed by atoms with Gasteiger partial charge in [-0.15, -0.1) is 0 Å². The normalized spacial score (nSPS) is 9.88. The minimum Gasteiger partial charge on any atom is -0.497 e. The molecule has 0 aliphatic rings. The minimum absolute atomic E-state index is 0.115. The summed E-state index contributed by atoms with van der Waals surface area (Å²) < 4.78 is 5.13. The van der Waals surface area contributed by atoms with E-state index < -0.39 is 0 Å². The maximum atomic E-state index is 11.4. The van der Waals surface area contributed by atoms with Crippen LogP contribution in [-0.2, 0) is 11.2 Å². The first kappa shape index (κ1) is 12.6. The van der Waals surface area contributed by atoms with Gasteiger partial charge in [-0.3, -0.25) is 4.79 Å². The van der Waals surface area contributed by atoms with Gasteiger partial charge in [0, 0.05) is 13.0 Å². The number of methoxy groups -OCH3 is 1. The molecule has 0 aliphatic carbocycles. The lowest BCUT2D eigenvalue weighted by Gasteiger charge is -2.05. The molecule has 1 aromatic rings. The van der Waals surface area contributed by atoms with E-state index in [1.807, 2.05) is 31.2 Å². The summed E-state index contributed by atoms with van der Waals surface area (Å²) in [5, 5.41) is 2.86. The van der Waals surface area contributed by atoms with Gasteiger partial charge < -0.3 is 10.1 Å². The number of aryl methyl sites for hydroxylation is 1. The third kappa shape index (κ3) is 4.34. The van der Waals surface area contributed by atoms with Crippen molar-refractivity contribution >= 4 is 5.91 Å². The highest BCUT2D eigenvalue weighted by Gasteiger charge is 2.01. The number of hydrogen-bond donors (Lipinski definition) is 1. The second-order valence-electron chi connectivity index (χ2n) is 3.70. The van der Waals surface area contributed by atoms with Crippen molar-refractivity contribution in [1.82, 2.24) is 5.32 Å². The fraction of sp³-hybridized carbons (Fsp3) is 0.462. The third-order valence-corrected chi connectivity index (χ3v) is 2.35. The Kier molecular flexibility index (Phi) is 5.40. The Morgan fingerprint density at radius 3 is 2.94 bits per heavy atom. The van der Waals surface area contributed by atoms with Gasteiger partial charge in [-0.2, -0.15) is 0 Å². The van der Waals surface area contributed by atoms with Crippen LogP contribution in [0.3, 0.4) is 0 Å². The molecule has 0 radical (unpaired) electrons. The lowest BCUT2D eigenvalue weighted by atomic mass is 10.1. The molecular formula is C13H19NO2. The first-order valence-electron chi connectivity index (χ1n) is 5.66. The van der Waals surface area contributed by atoms with Crippen molar-refractivity contribution in [2.24, 2.45) is 0 Å². The quantitative estimate of drug-likeness (QED) is 0.799. The lowest BCUT2D eigenvalue weighted by Crippen LogP contribution is -2.24. The molecule has 0 aromatic heterocycles. The zero-order chi connectivity index (χ0) is 11.8. The molecule has 3 heteroatoms. The van der Waals surface area contributed by atoms with Gasteiger partial charge in [-0.25, -0.2) is 0 Å². The standard InChI is InChI=1S/C13H19NO2/c1-3-9-14-13(15)8-7-11-5-4-6-12(10-11)16-2/h4-6,10H,3,7-9H2,1-2H3,(H,14,15). The molecule has 0 saturated heterocycles. The van der Waals surface area contributed by atoms with Crippen molar-refractivity contribution in [1.29, 1.82) is 0 Å². The molecule has 1 amide bonds. The molecule has 0 spiro atoms. The Hall–Kier alpha value is -1.51. The van der Waals surface area contributed by atoms with Gasteiger partial charge in [-0.05, 0) is 30.5 Å². The number of rotatable bonds is 6. The molecule has 0 heterocycles. The largest absolute Gasteiger partial charge is 0.497 e. The minimum atomic E-state index is 0.115. The van der Waals surface area contributed by atoms with Crippen molar-refractivity contribution in [2.75, 3.05) is 13.7 Å². The van der Waals surface area contributed by atoms with Crippen molar-refractivity contribution < 1.29 is 9.53 Å². The maximum absolute atomic E-state index is 11.4. The van der Waals surface area contributed by atoms with E-state index in [-0.39, 0.29) is 5.91 Å². The number of nitrogens with one attached hydrogen (secondary N) is 1. The molecule has 0 unspecified atom stereocenters.